The molecule has 2 amide bonds. The van der Waals surface area contributed by atoms with Gasteiger partial charge in [-0.15, -0.1) is 0 Å². The van der Waals surface area contributed by atoms with E-state index < -0.39 is 16.1 Å². The maximum absolute atomic E-state index is 13.5. The number of aryl methyl sites for hydroxylation is 1. The molecule has 0 aliphatic rings. The molecule has 0 heterocycles. The maximum Gasteiger partial charge on any atom is 0.242 e. The minimum absolute atomic E-state index is 0.152. The third-order valence-corrected chi connectivity index (χ3v) is 8.08. The van der Waals surface area contributed by atoms with Crippen molar-refractivity contribution < 1.29 is 27.5 Å². The van der Waals surface area contributed by atoms with Crippen molar-refractivity contribution in [3.8, 4) is 11.5 Å². The van der Waals surface area contributed by atoms with Gasteiger partial charge in [-0.1, -0.05) is 49.4 Å². The van der Waals surface area contributed by atoms with Gasteiger partial charge in [0.1, 0.15) is 17.5 Å². The molecule has 0 unspecified atom stereocenters. The summed E-state index contributed by atoms with van der Waals surface area (Å²) in [6.45, 7) is 4.23. The van der Waals surface area contributed by atoms with E-state index in [4.69, 9.17) is 9.47 Å². The number of carbonyl (C=O) groups excluding carboxylic acids is 2. The molecule has 0 saturated carbocycles. The second-order valence-electron chi connectivity index (χ2n) is 9.22. The summed E-state index contributed by atoms with van der Waals surface area (Å²) >= 11 is 0. The lowest BCUT2D eigenvalue weighted by Gasteiger charge is -2.29. The van der Waals surface area contributed by atoms with E-state index in [-0.39, 0.29) is 36.2 Å². The minimum Gasteiger partial charge on any atom is -0.497 e. The van der Waals surface area contributed by atoms with Gasteiger partial charge in [0.25, 0.3) is 0 Å². The Balaban J connectivity index is 1.72. The number of para-hydroxylation sites is 1. The third kappa shape index (κ3) is 8.30. The van der Waals surface area contributed by atoms with Crippen molar-refractivity contribution in [2.45, 2.75) is 50.7 Å². The largest absolute Gasteiger partial charge is 0.497 e. The molecule has 0 radical (unpaired) electrons. The average Bonchev–Trinajstić information content (AvgIpc) is 2.97. The van der Waals surface area contributed by atoms with E-state index in [1.165, 1.54) is 12.1 Å². The molecular weight excluding hydrogens is 530 g/mol. The molecule has 0 saturated heterocycles. The first-order chi connectivity index (χ1) is 19.2. The number of hydrogen-bond acceptors (Lipinski definition) is 6. The smallest absolute Gasteiger partial charge is 0.242 e. The van der Waals surface area contributed by atoms with E-state index in [0.29, 0.717) is 24.5 Å². The van der Waals surface area contributed by atoms with Crippen LogP contribution in [-0.4, -0.2) is 51.9 Å². The topological polar surface area (TPSA) is 114 Å². The molecule has 214 valence electrons. The summed E-state index contributed by atoms with van der Waals surface area (Å²) in [7, 11) is -0.388. The Morgan fingerprint density at radius 2 is 1.55 bits per heavy atom. The standard InChI is InChI=1S/C30H37N3O6S/c1-5-32-40(36,37)27-17-12-23(13-18-27)14-19-29(34)33(21-24-10-15-26(38-3)16-11-24)22(2)30(35)31-20-25-8-6-7-9-28(25)39-4/h6-13,15-18,22,32H,5,14,19-21H2,1-4H3,(H,31,35)/t22-/m0/s1. The fourth-order valence-electron chi connectivity index (χ4n) is 4.19. The lowest BCUT2D eigenvalue weighted by atomic mass is 10.1. The first kappa shape index (κ1) is 30.6. The number of hydrogen-bond donors (Lipinski definition) is 2. The van der Waals surface area contributed by atoms with Crippen molar-refractivity contribution >= 4 is 21.8 Å². The van der Waals surface area contributed by atoms with Gasteiger partial charge in [0.15, 0.2) is 0 Å². The summed E-state index contributed by atoms with van der Waals surface area (Å²) in [4.78, 5) is 28.4. The van der Waals surface area contributed by atoms with Crippen LogP contribution in [0.4, 0.5) is 0 Å². The number of nitrogens with zero attached hydrogens (tertiary/aromatic N) is 1. The maximum atomic E-state index is 13.5. The second-order valence-corrected chi connectivity index (χ2v) is 11.0. The molecule has 9 nitrogen and oxygen atoms in total. The van der Waals surface area contributed by atoms with Crippen molar-refractivity contribution in [1.82, 2.24) is 14.9 Å². The Morgan fingerprint density at radius 1 is 0.900 bits per heavy atom. The second kappa shape index (κ2) is 14.5. The average molecular weight is 568 g/mol. The van der Waals surface area contributed by atoms with Gasteiger partial charge in [-0.2, -0.15) is 0 Å². The van der Waals surface area contributed by atoms with E-state index >= 15 is 0 Å². The molecule has 40 heavy (non-hydrogen) atoms. The number of carbonyl (C=O) groups is 2. The summed E-state index contributed by atoms with van der Waals surface area (Å²) in [5.41, 5.74) is 2.51. The summed E-state index contributed by atoms with van der Waals surface area (Å²) in [6, 6.07) is 20.5. The number of benzene rings is 3. The van der Waals surface area contributed by atoms with E-state index in [2.05, 4.69) is 10.0 Å². The predicted molar refractivity (Wildman–Crippen MR) is 153 cm³/mol. The number of methoxy groups -OCH3 is 2. The Hall–Kier alpha value is -3.89. The zero-order valence-corrected chi connectivity index (χ0v) is 24.2. The van der Waals surface area contributed by atoms with Gasteiger partial charge in [-0.3, -0.25) is 9.59 Å². The Labute approximate surface area is 236 Å². The molecule has 3 rings (SSSR count). The van der Waals surface area contributed by atoms with Gasteiger partial charge in [-0.05, 0) is 54.8 Å². The van der Waals surface area contributed by atoms with Crippen LogP contribution in [0.1, 0.15) is 37.0 Å². The van der Waals surface area contributed by atoms with Gasteiger partial charge in [0, 0.05) is 31.6 Å². The molecule has 3 aromatic rings. The van der Waals surface area contributed by atoms with Crippen molar-refractivity contribution in [3.63, 3.8) is 0 Å². The van der Waals surface area contributed by atoms with E-state index in [9.17, 15) is 18.0 Å². The fourth-order valence-corrected chi connectivity index (χ4v) is 5.23. The zero-order chi connectivity index (χ0) is 29.1. The van der Waals surface area contributed by atoms with Crippen LogP contribution in [-0.2, 0) is 39.1 Å². The Morgan fingerprint density at radius 3 is 2.17 bits per heavy atom. The van der Waals surface area contributed by atoms with Crippen LogP contribution in [0.15, 0.2) is 77.7 Å². The SMILES string of the molecule is CCNS(=O)(=O)c1ccc(CCC(=O)N(Cc2ccc(OC)cc2)[C@@H](C)C(=O)NCc2ccccc2OC)cc1. The highest BCUT2D eigenvalue weighted by molar-refractivity contribution is 7.89. The molecule has 0 aliphatic carbocycles. The molecule has 0 aliphatic heterocycles. The quantitative estimate of drug-likeness (QED) is 0.307. The molecule has 2 N–H and O–H groups in total. The molecule has 0 spiro atoms. The molecular formula is C30H37N3O6S. The molecule has 1 atom stereocenters. The first-order valence-electron chi connectivity index (χ1n) is 13.1. The highest BCUT2D eigenvalue weighted by atomic mass is 32.2. The summed E-state index contributed by atoms with van der Waals surface area (Å²) < 4.78 is 37.5. The molecule has 0 fully saturated rings. The van der Waals surface area contributed by atoms with E-state index in [1.54, 1.807) is 45.1 Å². The van der Waals surface area contributed by atoms with Crippen LogP contribution in [0.3, 0.4) is 0 Å². The Kier molecular flexibility index (Phi) is 11.1. The minimum atomic E-state index is -3.55. The van der Waals surface area contributed by atoms with Crippen LogP contribution < -0.4 is 19.5 Å². The predicted octanol–water partition coefficient (Wildman–Crippen LogP) is 3.67. The van der Waals surface area contributed by atoms with Gasteiger partial charge in [0.05, 0.1) is 19.1 Å². The fraction of sp³-hybridized carbons (Fsp3) is 0.333. The van der Waals surface area contributed by atoms with Crippen LogP contribution in [0.2, 0.25) is 0 Å². The van der Waals surface area contributed by atoms with E-state index in [1.807, 2.05) is 48.5 Å². The Bertz CT molecular complexity index is 1380. The van der Waals surface area contributed by atoms with Crippen LogP contribution >= 0.6 is 0 Å². The van der Waals surface area contributed by atoms with E-state index in [0.717, 1.165) is 16.7 Å². The third-order valence-electron chi connectivity index (χ3n) is 6.52. The highest BCUT2D eigenvalue weighted by Gasteiger charge is 2.26. The van der Waals surface area contributed by atoms with Crippen LogP contribution in [0.25, 0.3) is 0 Å². The normalized spacial score (nSPS) is 11.9. The van der Waals surface area contributed by atoms with Gasteiger partial charge in [-0.25, -0.2) is 13.1 Å². The lowest BCUT2D eigenvalue weighted by Crippen LogP contribution is -2.47. The molecule has 0 aromatic heterocycles. The van der Waals surface area contributed by atoms with Crippen LogP contribution in [0, 0.1) is 0 Å². The lowest BCUT2D eigenvalue weighted by molar-refractivity contribution is -0.140. The van der Waals surface area contributed by atoms with Gasteiger partial charge < -0.3 is 19.7 Å². The summed E-state index contributed by atoms with van der Waals surface area (Å²) in [5.74, 6) is 0.889. The monoisotopic (exact) mass is 567 g/mol. The number of sulfonamides is 1. The number of rotatable bonds is 14. The van der Waals surface area contributed by atoms with Crippen molar-refractivity contribution in [1.29, 1.82) is 0 Å². The van der Waals surface area contributed by atoms with Crippen molar-refractivity contribution in [2.24, 2.45) is 0 Å². The molecule has 0 bridgehead atoms. The van der Waals surface area contributed by atoms with Crippen LogP contribution in [0.5, 0.6) is 11.5 Å². The zero-order valence-electron chi connectivity index (χ0n) is 23.3. The summed E-state index contributed by atoms with van der Waals surface area (Å²) in [5, 5.41) is 2.92. The van der Waals surface area contributed by atoms with Crippen molar-refractivity contribution in [2.75, 3.05) is 20.8 Å². The number of ether oxygens (including phenoxy) is 2. The molecule has 10 heteroatoms. The van der Waals surface area contributed by atoms with Gasteiger partial charge in [0.2, 0.25) is 21.8 Å². The number of nitrogens with one attached hydrogen (secondary N) is 2. The van der Waals surface area contributed by atoms with Gasteiger partial charge >= 0.3 is 0 Å². The highest BCUT2D eigenvalue weighted by Crippen LogP contribution is 2.19. The summed E-state index contributed by atoms with van der Waals surface area (Å²) in [6.07, 6.45) is 0.550. The first-order valence-corrected chi connectivity index (χ1v) is 14.6. The number of amides is 2. The van der Waals surface area contributed by atoms with Crippen molar-refractivity contribution in [3.05, 3.63) is 89.5 Å². The molecule has 3 aromatic carbocycles.